The first-order valence-electron chi connectivity index (χ1n) is 5.30. The van der Waals surface area contributed by atoms with Crippen LogP contribution < -0.4 is 5.73 Å². The van der Waals surface area contributed by atoms with Crippen molar-refractivity contribution in [1.82, 2.24) is 5.06 Å². The molecule has 6 nitrogen and oxygen atoms in total. The minimum atomic E-state index is -0.772. The van der Waals surface area contributed by atoms with Crippen LogP contribution in [0.25, 0.3) is 0 Å². The number of rotatable bonds is 4. The van der Waals surface area contributed by atoms with Crippen LogP contribution >= 0.6 is 0 Å². The Morgan fingerprint density at radius 2 is 1.89 bits per heavy atom. The summed E-state index contributed by atoms with van der Waals surface area (Å²) in [5.74, 6) is -1.80. The normalized spacial score (nSPS) is 17.1. The maximum absolute atomic E-state index is 11.6. The van der Waals surface area contributed by atoms with Gasteiger partial charge in [-0.3, -0.25) is 9.59 Å². The Hall–Kier alpha value is -2.37. The van der Waals surface area contributed by atoms with Crippen LogP contribution in [0.1, 0.15) is 19.8 Å². The molecule has 18 heavy (non-hydrogen) atoms. The van der Waals surface area contributed by atoms with Gasteiger partial charge in [0.15, 0.2) is 0 Å². The molecule has 0 bridgehead atoms. The van der Waals surface area contributed by atoms with Crippen molar-refractivity contribution in [2.24, 2.45) is 5.73 Å². The Labute approximate surface area is 104 Å². The standard InChI is InChI=1S/C12H14N2O4/c1-3-9(13)5-4-8(2)12(17)18-14-10(15)6-7-11(14)16/h3-5H,1,6-7,13H2,2H3/b8-4+,9-5+. The molecule has 1 aliphatic rings. The number of hydrogen-bond acceptors (Lipinski definition) is 5. The zero-order valence-corrected chi connectivity index (χ0v) is 10.0. The van der Waals surface area contributed by atoms with Crippen molar-refractivity contribution < 1.29 is 19.2 Å². The van der Waals surface area contributed by atoms with Gasteiger partial charge in [-0.2, -0.15) is 0 Å². The minimum absolute atomic E-state index is 0.0676. The van der Waals surface area contributed by atoms with Crippen molar-refractivity contribution in [3.8, 4) is 0 Å². The molecule has 0 aromatic rings. The fourth-order valence-corrected chi connectivity index (χ4v) is 1.17. The maximum Gasteiger partial charge on any atom is 0.359 e. The molecule has 96 valence electrons. The summed E-state index contributed by atoms with van der Waals surface area (Å²) in [5.41, 5.74) is 6.06. The van der Waals surface area contributed by atoms with E-state index in [0.29, 0.717) is 10.8 Å². The molecular weight excluding hydrogens is 236 g/mol. The maximum atomic E-state index is 11.6. The van der Waals surface area contributed by atoms with E-state index < -0.39 is 17.8 Å². The Balaban J connectivity index is 2.68. The molecule has 0 spiro atoms. The van der Waals surface area contributed by atoms with Gasteiger partial charge in [0.05, 0.1) is 0 Å². The number of nitrogens with zero attached hydrogens (tertiary/aromatic N) is 1. The Morgan fingerprint density at radius 3 is 2.39 bits per heavy atom. The number of carbonyl (C=O) groups excluding carboxylic acids is 3. The van der Waals surface area contributed by atoms with Crippen molar-refractivity contribution in [3.05, 3.63) is 36.1 Å². The summed E-state index contributed by atoms with van der Waals surface area (Å²) in [5, 5.41) is 0.500. The summed E-state index contributed by atoms with van der Waals surface area (Å²) >= 11 is 0. The summed E-state index contributed by atoms with van der Waals surface area (Å²) in [4.78, 5) is 38.7. The van der Waals surface area contributed by atoms with Gasteiger partial charge in [-0.25, -0.2) is 4.79 Å². The highest BCUT2D eigenvalue weighted by Gasteiger charge is 2.32. The van der Waals surface area contributed by atoms with E-state index in [1.54, 1.807) is 0 Å². The third-order valence-corrected chi connectivity index (χ3v) is 2.26. The number of allylic oxidation sites excluding steroid dienone is 3. The van der Waals surface area contributed by atoms with Crippen molar-refractivity contribution in [2.45, 2.75) is 19.8 Å². The molecule has 0 radical (unpaired) electrons. The molecule has 0 saturated carbocycles. The molecule has 1 aliphatic heterocycles. The number of amides is 2. The van der Waals surface area contributed by atoms with Crippen LogP contribution in [0.2, 0.25) is 0 Å². The molecule has 1 heterocycles. The molecule has 1 fully saturated rings. The smallest absolute Gasteiger partial charge is 0.359 e. The Morgan fingerprint density at radius 1 is 1.33 bits per heavy atom. The van der Waals surface area contributed by atoms with Gasteiger partial charge >= 0.3 is 5.97 Å². The zero-order valence-electron chi connectivity index (χ0n) is 10.0. The second-order valence-corrected chi connectivity index (χ2v) is 3.68. The molecule has 1 rings (SSSR count). The second kappa shape index (κ2) is 5.81. The number of nitrogens with two attached hydrogens (primary N) is 1. The largest absolute Gasteiger partial charge is 0.399 e. The highest BCUT2D eigenvalue weighted by molar-refractivity contribution is 6.02. The summed E-state index contributed by atoms with van der Waals surface area (Å²) in [6.07, 6.45) is 4.45. The van der Waals surface area contributed by atoms with Crippen LogP contribution in [0.15, 0.2) is 36.1 Å². The molecule has 0 aliphatic carbocycles. The molecule has 0 aromatic carbocycles. The average molecular weight is 250 g/mol. The quantitative estimate of drug-likeness (QED) is 0.447. The summed E-state index contributed by atoms with van der Waals surface area (Å²) in [6.45, 7) is 4.94. The lowest BCUT2D eigenvalue weighted by atomic mass is 10.2. The molecule has 6 heteroatoms. The first kappa shape index (κ1) is 13.7. The SMILES string of the molecule is C=C/C(N)=C\C=C(/C)C(=O)ON1C(=O)CCC1=O. The Bertz CT molecular complexity index is 447. The van der Waals surface area contributed by atoms with Gasteiger partial charge < -0.3 is 10.6 Å². The number of imide groups is 1. The molecule has 2 N–H and O–H groups in total. The van der Waals surface area contributed by atoms with Gasteiger partial charge in [0.1, 0.15) is 0 Å². The fraction of sp³-hybridized carbons (Fsp3) is 0.250. The van der Waals surface area contributed by atoms with Crippen LogP contribution in [0.3, 0.4) is 0 Å². The van der Waals surface area contributed by atoms with E-state index >= 15 is 0 Å². The molecule has 0 unspecified atom stereocenters. The highest BCUT2D eigenvalue weighted by Crippen LogP contribution is 2.13. The first-order valence-corrected chi connectivity index (χ1v) is 5.30. The van der Waals surface area contributed by atoms with Gasteiger partial charge in [-0.15, -0.1) is 5.06 Å². The molecular formula is C12H14N2O4. The minimum Gasteiger partial charge on any atom is -0.399 e. The third kappa shape index (κ3) is 3.31. The number of hydrogen-bond donors (Lipinski definition) is 1. The summed E-state index contributed by atoms with van der Waals surface area (Å²) in [7, 11) is 0. The fourth-order valence-electron chi connectivity index (χ4n) is 1.17. The molecule has 2 amide bonds. The van der Waals surface area contributed by atoms with Gasteiger partial charge in [0.25, 0.3) is 11.8 Å². The predicted molar refractivity (Wildman–Crippen MR) is 63.4 cm³/mol. The topological polar surface area (TPSA) is 89.7 Å². The highest BCUT2D eigenvalue weighted by atomic mass is 16.7. The lowest BCUT2D eigenvalue weighted by Gasteiger charge is -2.12. The van der Waals surface area contributed by atoms with E-state index in [1.807, 2.05) is 0 Å². The van der Waals surface area contributed by atoms with Crippen molar-refractivity contribution in [2.75, 3.05) is 0 Å². The lowest BCUT2D eigenvalue weighted by Crippen LogP contribution is -2.32. The van der Waals surface area contributed by atoms with E-state index in [-0.39, 0.29) is 18.4 Å². The van der Waals surface area contributed by atoms with Crippen LogP contribution in [0, 0.1) is 0 Å². The van der Waals surface area contributed by atoms with Gasteiger partial charge in [0, 0.05) is 24.1 Å². The van der Waals surface area contributed by atoms with Gasteiger partial charge in [0.2, 0.25) is 0 Å². The average Bonchev–Trinajstić information content (AvgIpc) is 2.66. The molecule has 0 aromatic heterocycles. The van der Waals surface area contributed by atoms with E-state index in [0.717, 1.165) is 0 Å². The number of carbonyl (C=O) groups is 3. The van der Waals surface area contributed by atoms with E-state index in [9.17, 15) is 14.4 Å². The lowest BCUT2D eigenvalue weighted by molar-refractivity contribution is -0.194. The van der Waals surface area contributed by atoms with Crippen LogP contribution in [0.5, 0.6) is 0 Å². The second-order valence-electron chi connectivity index (χ2n) is 3.68. The summed E-state index contributed by atoms with van der Waals surface area (Å²) < 4.78 is 0. The molecule has 0 atom stereocenters. The predicted octanol–water partition coefficient (Wildman–Crippen LogP) is 0.568. The zero-order chi connectivity index (χ0) is 13.7. The molecule has 1 saturated heterocycles. The summed E-state index contributed by atoms with van der Waals surface area (Å²) in [6, 6.07) is 0. The third-order valence-electron chi connectivity index (χ3n) is 2.26. The van der Waals surface area contributed by atoms with Gasteiger partial charge in [-0.05, 0) is 25.2 Å². The first-order chi connectivity index (χ1) is 8.45. The van der Waals surface area contributed by atoms with Crippen molar-refractivity contribution >= 4 is 17.8 Å². The Kier molecular flexibility index (Phi) is 4.42. The van der Waals surface area contributed by atoms with Crippen molar-refractivity contribution in [1.29, 1.82) is 0 Å². The van der Waals surface area contributed by atoms with E-state index in [1.165, 1.54) is 25.2 Å². The van der Waals surface area contributed by atoms with Crippen LogP contribution in [-0.4, -0.2) is 22.8 Å². The monoisotopic (exact) mass is 250 g/mol. The van der Waals surface area contributed by atoms with Gasteiger partial charge in [-0.1, -0.05) is 6.58 Å². The van der Waals surface area contributed by atoms with Crippen LogP contribution in [0.4, 0.5) is 0 Å². The van der Waals surface area contributed by atoms with E-state index in [4.69, 9.17) is 10.6 Å². The van der Waals surface area contributed by atoms with E-state index in [2.05, 4.69) is 6.58 Å². The number of hydroxylamine groups is 2. The van der Waals surface area contributed by atoms with Crippen LogP contribution in [-0.2, 0) is 19.2 Å². The van der Waals surface area contributed by atoms with Crippen molar-refractivity contribution in [3.63, 3.8) is 0 Å².